The van der Waals surface area contributed by atoms with Gasteiger partial charge in [0.2, 0.25) is 0 Å². The van der Waals surface area contributed by atoms with E-state index in [1.54, 1.807) is 26.0 Å². The van der Waals surface area contributed by atoms with Crippen molar-refractivity contribution in [3.8, 4) is 6.07 Å². The zero-order chi connectivity index (χ0) is 15.7. The first kappa shape index (κ1) is 15.9. The van der Waals surface area contributed by atoms with Gasteiger partial charge in [0.1, 0.15) is 11.2 Å². The summed E-state index contributed by atoms with van der Waals surface area (Å²) in [5.41, 5.74) is -0.400. The highest BCUT2D eigenvalue weighted by Crippen LogP contribution is 2.62. The molecule has 0 aliphatic heterocycles. The Morgan fingerprint density at radius 3 is 2.43 bits per heavy atom. The number of halogens is 1. The van der Waals surface area contributed by atoms with Gasteiger partial charge in [-0.2, -0.15) is 5.26 Å². The Labute approximate surface area is 124 Å². The largest absolute Gasteiger partial charge is 0.380 e. The molecule has 114 valence electrons. The van der Waals surface area contributed by atoms with Crippen LogP contribution in [0, 0.1) is 22.6 Å². The second kappa shape index (κ2) is 5.74. The van der Waals surface area contributed by atoms with Crippen molar-refractivity contribution in [1.82, 2.24) is 0 Å². The quantitative estimate of drug-likeness (QED) is 0.808. The molecule has 0 aromatic heterocycles. The highest BCUT2D eigenvalue weighted by atomic mass is 32.2. The summed E-state index contributed by atoms with van der Waals surface area (Å²) in [5.74, 6) is -0.869. The molecule has 21 heavy (non-hydrogen) atoms. The third-order valence-corrected chi connectivity index (χ3v) is 6.30. The van der Waals surface area contributed by atoms with Crippen LogP contribution in [0.2, 0.25) is 0 Å². The number of nitrogens with zero attached hydrogens (tertiary/aromatic N) is 1. The SMILES string of the molecule is CCOC[C@]1(C#N)[C@H](c2ccc(F)cc2)[C@H]1S(=O)(=O)CC. The van der Waals surface area contributed by atoms with Gasteiger partial charge in [0.05, 0.1) is 17.9 Å². The lowest BCUT2D eigenvalue weighted by Gasteiger charge is -2.09. The van der Waals surface area contributed by atoms with Crippen LogP contribution in [0.5, 0.6) is 0 Å². The van der Waals surface area contributed by atoms with Crippen LogP contribution in [-0.4, -0.2) is 32.6 Å². The topological polar surface area (TPSA) is 67.2 Å². The standard InChI is InChI=1S/C15H18FNO3S/c1-3-20-10-15(9-17)13(14(15)21(18,19)4-2)11-5-7-12(16)8-6-11/h5-8,13-14H,3-4,10H2,1-2H3/t13-,14-,15-/m1/s1. The van der Waals surface area contributed by atoms with Gasteiger partial charge >= 0.3 is 0 Å². The van der Waals surface area contributed by atoms with Gasteiger partial charge in [0, 0.05) is 18.3 Å². The van der Waals surface area contributed by atoms with Crippen molar-refractivity contribution in [3.63, 3.8) is 0 Å². The summed E-state index contributed by atoms with van der Waals surface area (Å²) in [6.45, 7) is 3.85. The lowest BCUT2D eigenvalue weighted by atomic mass is 10.0. The van der Waals surface area contributed by atoms with E-state index >= 15 is 0 Å². The van der Waals surface area contributed by atoms with Gasteiger partial charge < -0.3 is 4.74 Å². The Bertz CT molecular complexity index is 650. The lowest BCUT2D eigenvalue weighted by Crippen LogP contribution is -2.20. The fraction of sp³-hybridized carbons (Fsp3) is 0.533. The van der Waals surface area contributed by atoms with Crippen LogP contribution in [0.4, 0.5) is 4.39 Å². The summed E-state index contributed by atoms with van der Waals surface area (Å²) < 4.78 is 42.9. The van der Waals surface area contributed by atoms with Gasteiger partial charge in [0.15, 0.2) is 9.84 Å². The van der Waals surface area contributed by atoms with Gasteiger partial charge in [-0.15, -0.1) is 0 Å². The van der Waals surface area contributed by atoms with Crippen molar-refractivity contribution >= 4 is 9.84 Å². The van der Waals surface area contributed by atoms with Gasteiger partial charge in [-0.25, -0.2) is 12.8 Å². The van der Waals surface area contributed by atoms with E-state index in [-0.39, 0.29) is 18.2 Å². The first-order valence-corrected chi connectivity index (χ1v) is 8.60. The third kappa shape index (κ3) is 2.68. The van der Waals surface area contributed by atoms with Gasteiger partial charge in [0.25, 0.3) is 0 Å². The van der Waals surface area contributed by atoms with E-state index < -0.39 is 26.4 Å². The predicted molar refractivity (Wildman–Crippen MR) is 76.9 cm³/mol. The molecule has 0 amide bonds. The summed E-state index contributed by atoms with van der Waals surface area (Å²) in [5, 5.41) is 8.75. The maximum absolute atomic E-state index is 13.0. The van der Waals surface area contributed by atoms with Crippen LogP contribution < -0.4 is 0 Å². The highest BCUT2D eigenvalue weighted by molar-refractivity contribution is 7.92. The molecule has 3 atom stereocenters. The zero-order valence-electron chi connectivity index (χ0n) is 12.0. The van der Waals surface area contributed by atoms with Crippen LogP contribution in [0.15, 0.2) is 24.3 Å². The average molecular weight is 311 g/mol. The Morgan fingerprint density at radius 1 is 1.33 bits per heavy atom. The maximum atomic E-state index is 13.0. The molecule has 2 rings (SSSR count). The molecule has 0 radical (unpaired) electrons. The molecule has 6 heteroatoms. The van der Waals surface area contributed by atoms with Crippen molar-refractivity contribution in [2.24, 2.45) is 5.41 Å². The molecule has 0 heterocycles. The first-order valence-electron chi connectivity index (χ1n) is 6.89. The van der Waals surface area contributed by atoms with Gasteiger partial charge in [-0.1, -0.05) is 19.1 Å². The second-order valence-corrected chi connectivity index (χ2v) is 7.60. The molecule has 4 nitrogen and oxygen atoms in total. The fourth-order valence-corrected chi connectivity index (χ4v) is 4.87. The molecular weight excluding hydrogens is 293 g/mol. The van der Waals surface area contributed by atoms with Crippen molar-refractivity contribution in [2.75, 3.05) is 19.0 Å². The Balaban J connectivity index is 2.42. The van der Waals surface area contributed by atoms with E-state index in [9.17, 15) is 18.1 Å². The van der Waals surface area contributed by atoms with E-state index in [1.807, 2.05) is 0 Å². The molecule has 1 aromatic carbocycles. The molecule has 1 fully saturated rings. The van der Waals surface area contributed by atoms with E-state index in [0.717, 1.165) is 0 Å². The van der Waals surface area contributed by atoms with E-state index in [1.165, 1.54) is 12.1 Å². The first-order chi connectivity index (χ1) is 9.93. The third-order valence-electron chi connectivity index (χ3n) is 4.03. The molecule has 0 N–H and O–H groups in total. The number of benzene rings is 1. The Morgan fingerprint density at radius 2 is 1.95 bits per heavy atom. The normalized spacial score (nSPS) is 28.1. The minimum atomic E-state index is -3.38. The molecule has 1 aliphatic rings. The number of rotatable bonds is 6. The van der Waals surface area contributed by atoms with E-state index in [2.05, 4.69) is 6.07 Å². The number of hydrogen-bond donors (Lipinski definition) is 0. The number of ether oxygens (including phenoxy) is 1. The minimum absolute atomic E-state index is 0.0229. The van der Waals surface area contributed by atoms with Crippen LogP contribution >= 0.6 is 0 Å². The summed E-state index contributed by atoms with van der Waals surface area (Å²) in [7, 11) is -3.38. The molecule has 0 unspecified atom stereocenters. The van der Waals surface area contributed by atoms with Crippen molar-refractivity contribution < 1.29 is 17.5 Å². The van der Waals surface area contributed by atoms with Crippen LogP contribution in [-0.2, 0) is 14.6 Å². The molecule has 0 bridgehead atoms. The van der Waals surface area contributed by atoms with Crippen molar-refractivity contribution in [3.05, 3.63) is 35.6 Å². The van der Waals surface area contributed by atoms with E-state index in [0.29, 0.717) is 12.2 Å². The van der Waals surface area contributed by atoms with Crippen LogP contribution in [0.25, 0.3) is 0 Å². The van der Waals surface area contributed by atoms with Gasteiger partial charge in [-0.3, -0.25) is 0 Å². The smallest absolute Gasteiger partial charge is 0.155 e. The Hall–Kier alpha value is -1.45. The van der Waals surface area contributed by atoms with Crippen LogP contribution in [0.1, 0.15) is 25.3 Å². The van der Waals surface area contributed by atoms with Gasteiger partial charge in [-0.05, 0) is 24.6 Å². The summed E-state index contributed by atoms with van der Waals surface area (Å²) >= 11 is 0. The van der Waals surface area contributed by atoms with Crippen LogP contribution in [0.3, 0.4) is 0 Å². The monoisotopic (exact) mass is 311 g/mol. The summed E-state index contributed by atoms with van der Waals surface area (Å²) in [4.78, 5) is 0. The molecule has 0 saturated heterocycles. The summed E-state index contributed by atoms with van der Waals surface area (Å²) in [6.07, 6.45) is 0. The maximum Gasteiger partial charge on any atom is 0.155 e. The minimum Gasteiger partial charge on any atom is -0.380 e. The van der Waals surface area contributed by atoms with Crippen molar-refractivity contribution in [1.29, 1.82) is 5.26 Å². The van der Waals surface area contributed by atoms with E-state index in [4.69, 9.17) is 4.74 Å². The fourth-order valence-electron chi connectivity index (χ4n) is 2.86. The molecule has 1 aliphatic carbocycles. The average Bonchev–Trinajstić information content (AvgIpc) is 3.16. The van der Waals surface area contributed by atoms with Crippen molar-refractivity contribution in [2.45, 2.75) is 25.0 Å². The molecule has 0 spiro atoms. The summed E-state index contributed by atoms with van der Waals surface area (Å²) in [6, 6.07) is 7.80. The molecule has 1 saturated carbocycles. The highest BCUT2D eigenvalue weighted by Gasteiger charge is 2.71. The Kier molecular flexibility index (Phi) is 4.35. The molecule has 1 aromatic rings. The zero-order valence-corrected chi connectivity index (χ0v) is 12.9. The number of hydrogen-bond acceptors (Lipinski definition) is 4. The lowest BCUT2D eigenvalue weighted by molar-refractivity contribution is 0.117. The second-order valence-electron chi connectivity index (χ2n) is 5.19. The predicted octanol–water partition coefficient (Wildman–Crippen LogP) is 2.27. The number of sulfone groups is 1. The number of nitriles is 1. The molecular formula is C15H18FNO3S.